The van der Waals surface area contributed by atoms with Crippen LogP contribution < -0.4 is 14.4 Å². The van der Waals surface area contributed by atoms with Crippen molar-refractivity contribution in [2.45, 2.75) is 6.54 Å². The van der Waals surface area contributed by atoms with Gasteiger partial charge in [-0.25, -0.2) is 9.37 Å². The van der Waals surface area contributed by atoms with Gasteiger partial charge in [-0.15, -0.1) is 0 Å². The molecule has 0 atom stereocenters. The van der Waals surface area contributed by atoms with Crippen LogP contribution in [0.3, 0.4) is 0 Å². The van der Waals surface area contributed by atoms with Crippen LogP contribution in [-0.4, -0.2) is 24.6 Å². The van der Waals surface area contributed by atoms with Crippen molar-refractivity contribution in [1.29, 1.82) is 0 Å². The second kappa shape index (κ2) is 8.92. The lowest BCUT2D eigenvalue weighted by molar-refractivity contribution is -0.120. The number of carbonyl (C=O) groups excluding carboxylic acids is 1. The van der Waals surface area contributed by atoms with E-state index in [1.165, 1.54) is 35.6 Å². The molecule has 30 heavy (non-hydrogen) atoms. The summed E-state index contributed by atoms with van der Waals surface area (Å²) in [7, 11) is 1.60. The molecule has 7 heteroatoms. The number of rotatable bonds is 7. The third-order valence-corrected chi connectivity index (χ3v) is 5.53. The van der Waals surface area contributed by atoms with Crippen molar-refractivity contribution in [1.82, 2.24) is 4.98 Å². The van der Waals surface area contributed by atoms with E-state index in [0.717, 1.165) is 15.8 Å². The highest BCUT2D eigenvalue weighted by atomic mass is 32.1. The number of anilines is 1. The van der Waals surface area contributed by atoms with E-state index in [9.17, 15) is 9.18 Å². The molecule has 1 amide bonds. The molecule has 0 fully saturated rings. The molecule has 0 aliphatic rings. The fraction of sp³-hybridized carbons (Fsp3) is 0.130. The molecule has 5 nitrogen and oxygen atoms in total. The van der Waals surface area contributed by atoms with Gasteiger partial charge in [0, 0.05) is 6.07 Å². The van der Waals surface area contributed by atoms with Crippen LogP contribution in [0, 0.1) is 5.82 Å². The van der Waals surface area contributed by atoms with Crippen LogP contribution in [0.15, 0.2) is 72.8 Å². The minimum atomic E-state index is -0.357. The highest BCUT2D eigenvalue weighted by Crippen LogP contribution is 2.32. The van der Waals surface area contributed by atoms with E-state index in [0.29, 0.717) is 23.2 Å². The number of benzene rings is 3. The summed E-state index contributed by atoms with van der Waals surface area (Å²) in [6, 6.07) is 20.9. The SMILES string of the molecule is COc1ccc2sc(N(Cc3ccccc3)C(=O)COc3ccc(F)cc3)nc2c1. The number of ether oxygens (including phenoxy) is 2. The summed E-state index contributed by atoms with van der Waals surface area (Å²) in [5, 5.41) is 0.579. The zero-order valence-corrected chi connectivity index (χ0v) is 17.1. The Morgan fingerprint density at radius 2 is 1.77 bits per heavy atom. The molecule has 3 aromatic carbocycles. The van der Waals surface area contributed by atoms with Crippen molar-refractivity contribution in [3.63, 3.8) is 0 Å². The number of hydrogen-bond acceptors (Lipinski definition) is 5. The maximum absolute atomic E-state index is 13.1. The van der Waals surface area contributed by atoms with Crippen LogP contribution in [0.25, 0.3) is 10.2 Å². The van der Waals surface area contributed by atoms with Crippen LogP contribution in [0.4, 0.5) is 9.52 Å². The molecule has 152 valence electrons. The molecule has 0 spiro atoms. The van der Waals surface area contributed by atoms with Gasteiger partial charge in [0.25, 0.3) is 5.91 Å². The number of hydrogen-bond donors (Lipinski definition) is 0. The summed E-state index contributed by atoms with van der Waals surface area (Å²) < 4.78 is 24.9. The van der Waals surface area contributed by atoms with Crippen LogP contribution in [0.5, 0.6) is 11.5 Å². The van der Waals surface area contributed by atoms with Gasteiger partial charge in [0.05, 0.1) is 23.9 Å². The minimum absolute atomic E-state index is 0.183. The van der Waals surface area contributed by atoms with Crippen LogP contribution in [0.1, 0.15) is 5.56 Å². The molecule has 0 saturated carbocycles. The second-order valence-corrected chi connectivity index (χ2v) is 7.55. The second-order valence-electron chi connectivity index (χ2n) is 6.54. The van der Waals surface area contributed by atoms with Crippen LogP contribution in [0.2, 0.25) is 0 Å². The number of amides is 1. The lowest BCUT2D eigenvalue weighted by Crippen LogP contribution is -2.34. The molecule has 0 saturated heterocycles. The molecular weight excluding hydrogens is 403 g/mol. The van der Waals surface area contributed by atoms with E-state index >= 15 is 0 Å². The van der Waals surface area contributed by atoms with Gasteiger partial charge in [-0.3, -0.25) is 9.69 Å². The number of methoxy groups -OCH3 is 1. The van der Waals surface area contributed by atoms with Gasteiger partial charge in [0.1, 0.15) is 17.3 Å². The maximum Gasteiger partial charge on any atom is 0.267 e. The van der Waals surface area contributed by atoms with Gasteiger partial charge in [0.2, 0.25) is 0 Å². The number of halogens is 1. The van der Waals surface area contributed by atoms with E-state index in [2.05, 4.69) is 4.98 Å². The summed E-state index contributed by atoms with van der Waals surface area (Å²) in [6.07, 6.45) is 0. The zero-order valence-electron chi connectivity index (χ0n) is 16.2. The number of nitrogens with zero attached hydrogens (tertiary/aromatic N) is 2. The standard InChI is InChI=1S/C23H19FN2O3S/c1-28-19-11-12-21-20(13-19)25-23(30-21)26(14-16-5-3-2-4-6-16)22(27)15-29-18-9-7-17(24)8-10-18/h2-13H,14-15H2,1H3. The Morgan fingerprint density at radius 3 is 2.50 bits per heavy atom. The zero-order chi connectivity index (χ0) is 20.9. The molecule has 4 aromatic rings. The number of fused-ring (bicyclic) bond motifs is 1. The average molecular weight is 422 g/mol. The van der Waals surface area contributed by atoms with Crippen molar-refractivity contribution in [3.8, 4) is 11.5 Å². The minimum Gasteiger partial charge on any atom is -0.497 e. The number of thiazole rings is 1. The Kier molecular flexibility index (Phi) is 5.90. The first kappa shape index (κ1) is 19.8. The summed E-state index contributed by atoms with van der Waals surface area (Å²) in [4.78, 5) is 19.3. The number of aromatic nitrogens is 1. The molecule has 0 N–H and O–H groups in total. The summed E-state index contributed by atoms with van der Waals surface area (Å²) >= 11 is 1.43. The third kappa shape index (κ3) is 4.58. The normalized spacial score (nSPS) is 10.7. The smallest absolute Gasteiger partial charge is 0.267 e. The molecule has 1 heterocycles. The lowest BCUT2D eigenvalue weighted by atomic mass is 10.2. The molecule has 0 radical (unpaired) electrons. The van der Waals surface area contributed by atoms with Crippen LogP contribution >= 0.6 is 11.3 Å². The largest absolute Gasteiger partial charge is 0.497 e. The maximum atomic E-state index is 13.1. The van der Waals surface area contributed by atoms with Crippen molar-refractivity contribution < 1.29 is 18.7 Å². The Hall–Kier alpha value is -3.45. The summed E-state index contributed by atoms with van der Waals surface area (Å²) in [6.45, 7) is 0.182. The van der Waals surface area contributed by atoms with Gasteiger partial charge in [-0.05, 0) is 42.0 Å². The van der Waals surface area contributed by atoms with Gasteiger partial charge in [-0.1, -0.05) is 41.7 Å². The summed E-state index contributed by atoms with van der Waals surface area (Å²) in [5.74, 6) is 0.539. The molecule has 0 bridgehead atoms. The molecule has 1 aromatic heterocycles. The van der Waals surface area contributed by atoms with E-state index in [-0.39, 0.29) is 18.3 Å². The predicted octanol–water partition coefficient (Wildman–Crippen LogP) is 5.06. The fourth-order valence-corrected chi connectivity index (χ4v) is 3.88. The Bertz CT molecular complexity index is 1150. The van der Waals surface area contributed by atoms with Gasteiger partial charge < -0.3 is 9.47 Å². The molecular formula is C23H19FN2O3S. The summed E-state index contributed by atoms with van der Waals surface area (Å²) in [5.41, 5.74) is 1.74. The highest BCUT2D eigenvalue weighted by molar-refractivity contribution is 7.22. The molecule has 0 aliphatic heterocycles. The van der Waals surface area contributed by atoms with Crippen molar-refractivity contribution in [2.75, 3.05) is 18.6 Å². The quantitative estimate of drug-likeness (QED) is 0.418. The topological polar surface area (TPSA) is 51.7 Å². The fourth-order valence-electron chi connectivity index (χ4n) is 2.92. The van der Waals surface area contributed by atoms with Crippen molar-refractivity contribution >= 4 is 32.6 Å². The van der Waals surface area contributed by atoms with E-state index in [1.807, 2.05) is 48.5 Å². The Labute approximate surface area is 177 Å². The van der Waals surface area contributed by atoms with Crippen LogP contribution in [-0.2, 0) is 11.3 Å². The number of carbonyl (C=O) groups is 1. The van der Waals surface area contributed by atoms with Gasteiger partial charge in [0.15, 0.2) is 11.7 Å². The van der Waals surface area contributed by atoms with E-state index in [4.69, 9.17) is 9.47 Å². The van der Waals surface area contributed by atoms with Crippen molar-refractivity contribution in [3.05, 3.63) is 84.2 Å². The Balaban J connectivity index is 1.60. The lowest BCUT2D eigenvalue weighted by Gasteiger charge is -2.20. The van der Waals surface area contributed by atoms with Gasteiger partial charge in [-0.2, -0.15) is 0 Å². The average Bonchev–Trinajstić information content (AvgIpc) is 3.20. The molecule has 0 unspecified atom stereocenters. The monoisotopic (exact) mass is 422 g/mol. The third-order valence-electron chi connectivity index (χ3n) is 4.47. The van der Waals surface area contributed by atoms with Crippen molar-refractivity contribution in [2.24, 2.45) is 0 Å². The van der Waals surface area contributed by atoms with E-state index < -0.39 is 0 Å². The molecule has 4 rings (SSSR count). The Morgan fingerprint density at radius 1 is 1.03 bits per heavy atom. The van der Waals surface area contributed by atoms with Gasteiger partial charge >= 0.3 is 0 Å². The highest BCUT2D eigenvalue weighted by Gasteiger charge is 2.21. The first-order chi connectivity index (χ1) is 14.6. The molecule has 0 aliphatic carbocycles. The predicted molar refractivity (Wildman–Crippen MR) is 116 cm³/mol. The van der Waals surface area contributed by atoms with E-state index in [1.54, 1.807) is 12.0 Å². The first-order valence-corrected chi connectivity index (χ1v) is 10.1. The first-order valence-electron chi connectivity index (χ1n) is 9.29.